The van der Waals surface area contributed by atoms with E-state index in [-0.39, 0.29) is 17.7 Å². The minimum atomic E-state index is -3.78. The molecule has 6 heteroatoms. The van der Waals surface area contributed by atoms with Gasteiger partial charge in [-0.15, -0.1) is 0 Å². The van der Waals surface area contributed by atoms with Crippen molar-refractivity contribution in [2.75, 3.05) is 0 Å². The van der Waals surface area contributed by atoms with Gasteiger partial charge >= 0.3 is 5.97 Å². The summed E-state index contributed by atoms with van der Waals surface area (Å²) in [4.78, 5) is 10.7. The fraction of sp³-hybridized carbons (Fsp3) is 0.417. The predicted molar refractivity (Wildman–Crippen MR) is 63.6 cm³/mol. The van der Waals surface area contributed by atoms with Gasteiger partial charge in [-0.3, -0.25) is 8.98 Å². The minimum Gasteiger partial charge on any atom is -0.481 e. The Balaban J connectivity index is 2.01. The molecule has 5 nitrogen and oxygen atoms in total. The molecule has 0 bridgehead atoms. The first-order valence-electron chi connectivity index (χ1n) is 5.61. The summed E-state index contributed by atoms with van der Waals surface area (Å²) in [5, 5.41) is 8.69. The van der Waals surface area contributed by atoms with Crippen molar-refractivity contribution in [2.45, 2.75) is 30.8 Å². The van der Waals surface area contributed by atoms with E-state index in [0.29, 0.717) is 0 Å². The normalized spacial score (nSPS) is 23.4. The molecule has 1 aromatic rings. The minimum absolute atomic E-state index is 0.104. The van der Waals surface area contributed by atoms with Crippen molar-refractivity contribution in [3.63, 3.8) is 0 Å². The fourth-order valence-electron chi connectivity index (χ4n) is 1.79. The predicted octanol–water partition coefficient (Wildman–Crippen LogP) is 1.56. The van der Waals surface area contributed by atoms with E-state index >= 15 is 0 Å². The van der Waals surface area contributed by atoms with Crippen LogP contribution in [0.2, 0.25) is 0 Å². The third-order valence-electron chi connectivity index (χ3n) is 3.02. The molecule has 2 rings (SSSR count). The largest absolute Gasteiger partial charge is 0.481 e. The molecular weight excluding hydrogens is 256 g/mol. The van der Waals surface area contributed by atoms with Crippen molar-refractivity contribution in [3.8, 4) is 0 Å². The summed E-state index contributed by atoms with van der Waals surface area (Å²) >= 11 is 0. The van der Waals surface area contributed by atoms with Gasteiger partial charge in [-0.05, 0) is 31.9 Å². The molecule has 0 amide bonds. The highest BCUT2D eigenvalue weighted by Crippen LogP contribution is 2.32. The SMILES string of the molecule is Cc1ccc(S(=O)(=O)OC2CC(C(=O)O)C2)cc1. The van der Waals surface area contributed by atoms with Gasteiger partial charge in [0.15, 0.2) is 0 Å². The molecule has 0 radical (unpaired) electrons. The molecule has 1 aliphatic rings. The fourth-order valence-corrected chi connectivity index (χ4v) is 2.88. The van der Waals surface area contributed by atoms with Crippen LogP contribution in [-0.2, 0) is 19.1 Å². The van der Waals surface area contributed by atoms with Crippen molar-refractivity contribution in [1.82, 2.24) is 0 Å². The molecule has 98 valence electrons. The van der Waals surface area contributed by atoms with Gasteiger partial charge in [0.1, 0.15) is 0 Å². The Morgan fingerprint density at radius 3 is 2.33 bits per heavy atom. The maximum absolute atomic E-state index is 11.9. The molecule has 1 saturated carbocycles. The van der Waals surface area contributed by atoms with Gasteiger partial charge in [0.2, 0.25) is 0 Å². The van der Waals surface area contributed by atoms with Gasteiger partial charge in [-0.1, -0.05) is 17.7 Å². The highest BCUT2D eigenvalue weighted by atomic mass is 32.2. The van der Waals surface area contributed by atoms with Crippen LogP contribution >= 0.6 is 0 Å². The second-order valence-electron chi connectivity index (χ2n) is 4.49. The number of carboxylic acid groups (broad SMARTS) is 1. The summed E-state index contributed by atoms with van der Waals surface area (Å²) in [6.45, 7) is 1.86. The van der Waals surface area contributed by atoms with Crippen LogP contribution in [0.5, 0.6) is 0 Å². The average molecular weight is 270 g/mol. The Morgan fingerprint density at radius 2 is 1.83 bits per heavy atom. The number of carbonyl (C=O) groups is 1. The zero-order valence-electron chi connectivity index (χ0n) is 9.87. The van der Waals surface area contributed by atoms with Gasteiger partial charge < -0.3 is 5.11 Å². The van der Waals surface area contributed by atoms with Crippen LogP contribution in [0.4, 0.5) is 0 Å². The molecule has 1 fully saturated rings. The van der Waals surface area contributed by atoms with Gasteiger partial charge in [0.05, 0.1) is 16.9 Å². The quantitative estimate of drug-likeness (QED) is 0.840. The van der Waals surface area contributed by atoms with E-state index in [1.165, 1.54) is 12.1 Å². The summed E-state index contributed by atoms with van der Waals surface area (Å²) < 4.78 is 28.7. The van der Waals surface area contributed by atoms with Crippen molar-refractivity contribution in [3.05, 3.63) is 29.8 Å². The molecule has 0 atom stereocenters. The number of hydrogen-bond acceptors (Lipinski definition) is 4. The Kier molecular flexibility index (Phi) is 3.41. The van der Waals surface area contributed by atoms with Crippen molar-refractivity contribution >= 4 is 16.1 Å². The number of hydrogen-bond donors (Lipinski definition) is 1. The first kappa shape index (κ1) is 13.0. The lowest BCUT2D eigenvalue weighted by molar-refractivity contribution is -0.147. The number of benzene rings is 1. The second-order valence-corrected chi connectivity index (χ2v) is 6.06. The Hall–Kier alpha value is -1.40. The Morgan fingerprint density at radius 1 is 1.28 bits per heavy atom. The van der Waals surface area contributed by atoms with Gasteiger partial charge in [-0.2, -0.15) is 8.42 Å². The van der Waals surface area contributed by atoms with Gasteiger partial charge in [0.25, 0.3) is 10.1 Å². The second kappa shape index (κ2) is 4.70. The molecule has 1 aromatic carbocycles. The summed E-state index contributed by atoms with van der Waals surface area (Å²) in [7, 11) is -3.78. The van der Waals surface area contributed by atoms with Gasteiger partial charge in [0, 0.05) is 0 Å². The first-order valence-corrected chi connectivity index (χ1v) is 7.02. The Bertz CT molecular complexity index is 540. The van der Waals surface area contributed by atoms with Crippen LogP contribution in [0.3, 0.4) is 0 Å². The highest BCUT2D eigenvalue weighted by Gasteiger charge is 2.38. The van der Waals surface area contributed by atoms with Crippen molar-refractivity contribution < 1.29 is 22.5 Å². The zero-order chi connectivity index (χ0) is 13.3. The monoisotopic (exact) mass is 270 g/mol. The number of carboxylic acids is 1. The number of aliphatic carboxylic acids is 1. The molecule has 1 N–H and O–H groups in total. The molecule has 18 heavy (non-hydrogen) atoms. The molecular formula is C12H14O5S. The molecule has 0 heterocycles. The Labute approximate surface area is 106 Å². The average Bonchev–Trinajstić information content (AvgIpc) is 2.23. The van der Waals surface area contributed by atoms with Crippen LogP contribution < -0.4 is 0 Å². The van der Waals surface area contributed by atoms with E-state index in [1.54, 1.807) is 12.1 Å². The summed E-state index contributed by atoms with van der Waals surface area (Å²) in [5.74, 6) is -1.38. The maximum atomic E-state index is 11.9. The van der Waals surface area contributed by atoms with Crippen LogP contribution in [0, 0.1) is 12.8 Å². The summed E-state index contributed by atoms with van der Waals surface area (Å²) in [6, 6.07) is 6.35. The van der Waals surface area contributed by atoms with Gasteiger partial charge in [-0.25, -0.2) is 0 Å². The molecule has 0 saturated heterocycles. The van der Waals surface area contributed by atoms with Crippen LogP contribution in [0.25, 0.3) is 0 Å². The molecule has 0 aromatic heterocycles. The standard InChI is InChI=1S/C12H14O5S/c1-8-2-4-11(5-3-8)18(15,16)17-10-6-9(7-10)12(13)14/h2-5,9-10H,6-7H2,1H3,(H,13,14). The van der Waals surface area contributed by atoms with E-state index < -0.39 is 28.1 Å². The van der Waals surface area contributed by atoms with Crippen molar-refractivity contribution in [2.24, 2.45) is 5.92 Å². The lowest BCUT2D eigenvalue weighted by Gasteiger charge is -2.31. The van der Waals surface area contributed by atoms with E-state index in [9.17, 15) is 13.2 Å². The molecule has 0 spiro atoms. The molecule has 0 unspecified atom stereocenters. The van der Waals surface area contributed by atoms with E-state index in [1.807, 2.05) is 6.92 Å². The summed E-state index contributed by atoms with van der Waals surface area (Å²) in [5.41, 5.74) is 0.962. The van der Waals surface area contributed by atoms with Crippen LogP contribution in [0.1, 0.15) is 18.4 Å². The topological polar surface area (TPSA) is 80.7 Å². The summed E-state index contributed by atoms with van der Waals surface area (Å²) in [6.07, 6.45) is -0.0155. The van der Waals surface area contributed by atoms with Crippen LogP contribution in [-0.4, -0.2) is 25.6 Å². The smallest absolute Gasteiger partial charge is 0.306 e. The van der Waals surface area contributed by atoms with Crippen LogP contribution in [0.15, 0.2) is 29.2 Å². The first-order chi connectivity index (χ1) is 8.38. The number of rotatable bonds is 4. The third kappa shape index (κ3) is 2.70. The molecule has 1 aliphatic carbocycles. The maximum Gasteiger partial charge on any atom is 0.306 e. The van der Waals surface area contributed by atoms with Crippen molar-refractivity contribution in [1.29, 1.82) is 0 Å². The molecule has 0 aliphatic heterocycles. The lowest BCUT2D eigenvalue weighted by Crippen LogP contribution is -2.37. The zero-order valence-corrected chi connectivity index (χ0v) is 10.7. The lowest BCUT2D eigenvalue weighted by atomic mass is 9.83. The highest BCUT2D eigenvalue weighted by molar-refractivity contribution is 7.86. The third-order valence-corrected chi connectivity index (χ3v) is 4.39. The van der Waals surface area contributed by atoms with E-state index in [2.05, 4.69) is 0 Å². The number of aryl methyl sites for hydroxylation is 1. The van der Waals surface area contributed by atoms with E-state index in [4.69, 9.17) is 9.29 Å². The van der Waals surface area contributed by atoms with E-state index in [0.717, 1.165) is 5.56 Å².